The molecular weight excluding hydrogens is 414 g/mol. The van der Waals surface area contributed by atoms with Crippen LogP contribution in [-0.2, 0) is 11.8 Å². The van der Waals surface area contributed by atoms with Crippen molar-refractivity contribution in [2.45, 2.75) is 32.2 Å². The molecule has 4 rings (SSSR count). The third-order valence-electron chi connectivity index (χ3n) is 5.21. The molecule has 1 aliphatic rings. The van der Waals surface area contributed by atoms with E-state index in [9.17, 15) is 9.18 Å². The molecule has 0 aliphatic carbocycles. The van der Waals surface area contributed by atoms with Gasteiger partial charge in [-0.05, 0) is 50.1 Å². The van der Waals surface area contributed by atoms with Crippen LogP contribution < -0.4 is 10.6 Å². The number of carbonyl (C=O) groups is 1. The molecule has 2 N–H and O–H groups in total. The van der Waals surface area contributed by atoms with Gasteiger partial charge >= 0.3 is 0 Å². The van der Waals surface area contributed by atoms with E-state index in [-0.39, 0.29) is 42.6 Å². The molecule has 0 saturated carbocycles. The summed E-state index contributed by atoms with van der Waals surface area (Å²) < 4.78 is 15.4. The first-order valence-corrected chi connectivity index (χ1v) is 9.27. The van der Waals surface area contributed by atoms with Crippen molar-refractivity contribution < 1.29 is 9.18 Å². The predicted octanol–water partition coefficient (Wildman–Crippen LogP) is 4.61. The van der Waals surface area contributed by atoms with Gasteiger partial charge in [-0.3, -0.25) is 4.79 Å². The van der Waals surface area contributed by atoms with E-state index < -0.39 is 0 Å². The van der Waals surface area contributed by atoms with E-state index in [4.69, 9.17) is 0 Å². The molecule has 0 radical (unpaired) electrons. The van der Waals surface area contributed by atoms with E-state index in [1.165, 1.54) is 12.1 Å². The van der Waals surface area contributed by atoms with Gasteiger partial charge < -0.3 is 15.2 Å². The number of nitrogens with zero attached hydrogens (tertiary/aromatic N) is 2. The highest BCUT2D eigenvalue weighted by Crippen LogP contribution is 2.28. The molecule has 3 aromatic rings. The van der Waals surface area contributed by atoms with Crippen molar-refractivity contribution >= 4 is 47.4 Å². The lowest BCUT2D eigenvalue weighted by Crippen LogP contribution is -2.27. The molecule has 0 spiro atoms. The number of anilines is 1. The van der Waals surface area contributed by atoms with Crippen LogP contribution in [0.3, 0.4) is 0 Å². The monoisotopic (exact) mass is 438 g/mol. The molecule has 5 nitrogen and oxygen atoms in total. The van der Waals surface area contributed by atoms with Crippen LogP contribution in [0.1, 0.15) is 24.8 Å². The second-order valence-corrected chi connectivity index (χ2v) is 7.20. The maximum atomic E-state index is 13.5. The van der Waals surface area contributed by atoms with Crippen molar-refractivity contribution in [2.75, 3.05) is 11.9 Å². The average Bonchev–Trinajstić information content (AvgIpc) is 3.25. The third-order valence-corrected chi connectivity index (χ3v) is 5.21. The number of halogens is 3. The molecule has 1 atom stereocenters. The Kier molecular flexibility index (Phi) is 7.63. The fraction of sp³-hybridized carbons (Fsp3) is 0.333. The maximum absolute atomic E-state index is 13.5. The summed E-state index contributed by atoms with van der Waals surface area (Å²) >= 11 is 0. The number of nitrogens with one attached hydrogen (secondary N) is 2. The van der Waals surface area contributed by atoms with Crippen LogP contribution in [0.5, 0.6) is 0 Å². The van der Waals surface area contributed by atoms with E-state index in [0.717, 1.165) is 47.5 Å². The molecule has 2 heterocycles. The minimum absolute atomic E-state index is 0. The number of amides is 1. The molecule has 1 aromatic heterocycles. The van der Waals surface area contributed by atoms with Crippen molar-refractivity contribution in [3.05, 3.63) is 47.8 Å². The molecular formula is C21H25Cl2FN4O. The smallest absolute Gasteiger partial charge is 0.225 e. The number of benzene rings is 2. The Hall–Kier alpha value is -2.15. The summed E-state index contributed by atoms with van der Waals surface area (Å²) in [6, 6.07) is 10.7. The molecule has 29 heavy (non-hydrogen) atoms. The molecule has 1 aliphatic heterocycles. The second-order valence-electron chi connectivity index (χ2n) is 7.20. The normalized spacial score (nSPS) is 15.6. The summed E-state index contributed by atoms with van der Waals surface area (Å²) in [5.41, 5.74) is 4.15. The fourth-order valence-electron chi connectivity index (χ4n) is 3.68. The number of fused-ring (bicyclic) bond motifs is 1. The molecule has 2 aromatic carbocycles. The van der Waals surface area contributed by atoms with Gasteiger partial charge in [-0.1, -0.05) is 12.1 Å². The summed E-state index contributed by atoms with van der Waals surface area (Å²) in [4.78, 5) is 17.0. The second kappa shape index (κ2) is 9.57. The molecule has 1 saturated heterocycles. The minimum Gasteiger partial charge on any atom is -0.327 e. The van der Waals surface area contributed by atoms with E-state index in [2.05, 4.69) is 15.6 Å². The molecule has 1 fully saturated rings. The zero-order valence-electron chi connectivity index (χ0n) is 16.4. The molecule has 0 bridgehead atoms. The van der Waals surface area contributed by atoms with Gasteiger partial charge in [0.05, 0.1) is 11.0 Å². The lowest BCUT2D eigenvalue weighted by Gasteiger charge is -2.13. The van der Waals surface area contributed by atoms with Crippen LogP contribution in [0.4, 0.5) is 10.1 Å². The fourth-order valence-corrected chi connectivity index (χ4v) is 3.68. The van der Waals surface area contributed by atoms with Crippen LogP contribution >= 0.6 is 24.8 Å². The summed E-state index contributed by atoms with van der Waals surface area (Å²) in [5.74, 6) is 0.454. The lowest BCUT2D eigenvalue weighted by atomic mass is 10.1. The van der Waals surface area contributed by atoms with Crippen LogP contribution in [0.15, 0.2) is 36.4 Å². The first kappa shape index (κ1) is 23.1. The van der Waals surface area contributed by atoms with Gasteiger partial charge in [-0.2, -0.15) is 0 Å². The first-order valence-electron chi connectivity index (χ1n) is 9.27. The summed E-state index contributed by atoms with van der Waals surface area (Å²) in [6.45, 7) is 2.96. The Morgan fingerprint density at radius 1 is 1.28 bits per heavy atom. The average molecular weight is 439 g/mol. The number of aromatic nitrogens is 2. The number of aryl methyl sites for hydroxylation is 2. The van der Waals surface area contributed by atoms with Gasteiger partial charge in [0.1, 0.15) is 11.6 Å². The van der Waals surface area contributed by atoms with Gasteiger partial charge in [-0.15, -0.1) is 24.8 Å². The highest BCUT2D eigenvalue weighted by atomic mass is 35.5. The van der Waals surface area contributed by atoms with Crippen LogP contribution in [0, 0.1) is 12.7 Å². The van der Waals surface area contributed by atoms with Gasteiger partial charge in [-0.25, -0.2) is 9.37 Å². The maximum Gasteiger partial charge on any atom is 0.225 e. The number of carbonyl (C=O) groups excluding carboxylic acids is 1. The van der Waals surface area contributed by atoms with Gasteiger partial charge in [0.2, 0.25) is 5.91 Å². The Bertz CT molecular complexity index is 1020. The van der Waals surface area contributed by atoms with Crippen molar-refractivity contribution in [1.82, 2.24) is 14.9 Å². The van der Waals surface area contributed by atoms with Crippen molar-refractivity contribution in [1.29, 1.82) is 0 Å². The molecule has 1 unspecified atom stereocenters. The van der Waals surface area contributed by atoms with E-state index in [1.807, 2.05) is 36.7 Å². The quantitative estimate of drug-likeness (QED) is 0.624. The van der Waals surface area contributed by atoms with Gasteiger partial charge in [0.15, 0.2) is 0 Å². The van der Waals surface area contributed by atoms with E-state index in [1.54, 1.807) is 6.07 Å². The summed E-state index contributed by atoms with van der Waals surface area (Å²) in [7, 11) is 1.91. The van der Waals surface area contributed by atoms with Crippen molar-refractivity contribution in [3.63, 3.8) is 0 Å². The SMILES string of the molecule is Cc1ccc(-c2nc3cc(F)ccc3n2C)cc1NC(=O)CC1CCCN1.Cl.Cl. The van der Waals surface area contributed by atoms with E-state index in [0.29, 0.717) is 11.9 Å². The standard InChI is InChI=1S/C21H23FN4O.2ClH/c1-13-5-6-14(10-17(13)24-20(27)12-16-4-3-9-23-16)21-25-18-11-15(22)7-8-19(18)26(21)2;;/h5-8,10-11,16,23H,3-4,9,12H2,1-2H3,(H,24,27);2*1H. The summed E-state index contributed by atoms with van der Waals surface area (Å²) in [5, 5.41) is 6.38. The van der Waals surface area contributed by atoms with Gasteiger partial charge in [0.25, 0.3) is 0 Å². The Labute approximate surface area is 181 Å². The molecule has 156 valence electrons. The number of imidazole rings is 1. The molecule has 1 amide bonds. The van der Waals surface area contributed by atoms with E-state index >= 15 is 0 Å². The minimum atomic E-state index is -0.301. The zero-order chi connectivity index (χ0) is 19.0. The lowest BCUT2D eigenvalue weighted by molar-refractivity contribution is -0.116. The van der Waals surface area contributed by atoms with Crippen LogP contribution in [0.25, 0.3) is 22.4 Å². The van der Waals surface area contributed by atoms with Crippen LogP contribution in [0.2, 0.25) is 0 Å². The Balaban J connectivity index is 0.00000150. The number of rotatable bonds is 4. The number of hydrogen-bond donors (Lipinski definition) is 2. The highest BCUT2D eigenvalue weighted by molar-refractivity contribution is 5.93. The highest BCUT2D eigenvalue weighted by Gasteiger charge is 2.18. The topological polar surface area (TPSA) is 59.0 Å². The molecule has 8 heteroatoms. The largest absolute Gasteiger partial charge is 0.327 e. The van der Waals surface area contributed by atoms with Crippen LogP contribution in [-0.4, -0.2) is 28.0 Å². The first-order chi connectivity index (χ1) is 13.0. The van der Waals surface area contributed by atoms with Gasteiger partial charge in [0, 0.05) is 36.8 Å². The number of hydrogen-bond acceptors (Lipinski definition) is 3. The Morgan fingerprint density at radius 3 is 2.79 bits per heavy atom. The Morgan fingerprint density at radius 2 is 2.07 bits per heavy atom. The van der Waals surface area contributed by atoms with Crippen molar-refractivity contribution in [2.24, 2.45) is 7.05 Å². The zero-order valence-corrected chi connectivity index (χ0v) is 18.0. The summed E-state index contributed by atoms with van der Waals surface area (Å²) in [6.07, 6.45) is 2.65. The van der Waals surface area contributed by atoms with Crippen molar-refractivity contribution in [3.8, 4) is 11.4 Å². The predicted molar refractivity (Wildman–Crippen MR) is 120 cm³/mol. The third kappa shape index (κ3) is 4.89.